The van der Waals surface area contributed by atoms with Crippen molar-refractivity contribution >= 4 is 71.2 Å². The number of benzene rings is 1. The molecule has 2 fully saturated rings. The molecular weight excluding hydrogens is 655 g/mol. The van der Waals surface area contributed by atoms with Crippen molar-refractivity contribution in [1.29, 1.82) is 0 Å². The number of nitrogens with zero attached hydrogens (tertiary/aromatic N) is 1. The van der Waals surface area contributed by atoms with Gasteiger partial charge in [0.25, 0.3) is 0 Å². The fourth-order valence-electron chi connectivity index (χ4n) is 4.76. The van der Waals surface area contributed by atoms with Gasteiger partial charge in [0.1, 0.15) is 30.5 Å². The summed E-state index contributed by atoms with van der Waals surface area (Å²) < 4.78 is 0. The lowest BCUT2D eigenvalue weighted by molar-refractivity contribution is -0.141. The lowest BCUT2D eigenvalue weighted by Gasteiger charge is -2.28. The molecule has 13 nitrogen and oxygen atoms in total. The normalized spacial score (nSPS) is 21.3. The number of carbonyl (C=O) groups excluding carboxylic acids is 5. The summed E-state index contributed by atoms with van der Waals surface area (Å²) in [4.78, 5) is 82.6. The van der Waals surface area contributed by atoms with Gasteiger partial charge in [0, 0.05) is 18.2 Å². The lowest BCUT2D eigenvalue weighted by atomic mass is 10.00. The largest absolute Gasteiger partial charge is 0.481 e. The third-order valence-electron chi connectivity index (χ3n) is 7.47. The number of hydrogen-bond donors (Lipinski definition) is 5. The van der Waals surface area contributed by atoms with E-state index in [1.807, 2.05) is 18.6 Å². The molecule has 3 rings (SSSR count). The summed E-state index contributed by atoms with van der Waals surface area (Å²) in [6.07, 6.45) is 4.74. The highest BCUT2D eigenvalue weighted by Gasteiger charge is 2.80. The molecule has 2 heterocycles. The van der Waals surface area contributed by atoms with Gasteiger partial charge in [-0.2, -0.15) is 23.5 Å². The first-order chi connectivity index (χ1) is 21.9. The Kier molecular flexibility index (Phi) is 14.7. The Morgan fingerprint density at radius 1 is 0.935 bits per heavy atom. The highest BCUT2D eigenvalue weighted by atomic mass is 32.2. The second-order valence-electron chi connectivity index (χ2n) is 11.4. The van der Waals surface area contributed by atoms with E-state index < -0.39 is 77.2 Å². The highest BCUT2D eigenvalue weighted by Crippen LogP contribution is 2.50. The van der Waals surface area contributed by atoms with E-state index in [0.29, 0.717) is 30.6 Å². The molecule has 0 aromatic heterocycles. The summed E-state index contributed by atoms with van der Waals surface area (Å²) >= 11 is 4.13. The monoisotopic (exact) mass is 698 g/mol. The SMILES string of the molecule is CSCC[C@@H](C=O)NC(=O)[C@H](Cc1ccccc1)NC(=O)[C@@H](NC(=O)[C@H](CC(=O)O)NC(=O)[C@H](CCSC)N1O[C@]12C[SH+]2)C(C)C. The molecule has 2 saturated heterocycles. The predicted octanol–water partition coefficient (Wildman–Crippen LogP) is 0.102. The number of aliphatic carboxylic acids is 1. The molecule has 1 unspecified atom stereocenters. The van der Waals surface area contributed by atoms with Crippen molar-refractivity contribution in [2.75, 3.05) is 29.8 Å². The zero-order valence-electron chi connectivity index (χ0n) is 26.4. The summed E-state index contributed by atoms with van der Waals surface area (Å²) in [7, 11) is 0. The number of carboxylic acid groups (broad SMARTS) is 1. The topological polar surface area (TPSA) is 186 Å². The van der Waals surface area contributed by atoms with E-state index in [4.69, 9.17) is 4.84 Å². The first-order valence-corrected chi connectivity index (χ1v) is 18.9. The van der Waals surface area contributed by atoms with Crippen LogP contribution in [-0.2, 0) is 51.8 Å². The van der Waals surface area contributed by atoms with Crippen molar-refractivity contribution in [2.24, 2.45) is 5.92 Å². The van der Waals surface area contributed by atoms with E-state index in [1.54, 1.807) is 54.9 Å². The standard InChI is InChI=1S/C30H43N5O8S3/c1-18(2)25(29(42)33-21(14-19-8-6-5-7-9-19)26(39)31-20(16-36)10-12-44-3)34-27(40)22(15-24(37)38)32-28(41)23(11-13-45-4)35-30(43-35)17-46-30/h5-9,16,18,20-23,25H,10-15,17H2,1-4H3,(H,31,39)(H,32,41)(H,33,42)(H,34,40)(H,37,38)/p+1/t20-,21-,22-,23-,25-,30-,35?/m0/s1. The number of hydrogen-bond acceptors (Lipinski definition) is 10. The Morgan fingerprint density at radius 3 is 2.09 bits per heavy atom. The van der Waals surface area contributed by atoms with Gasteiger partial charge in [0.2, 0.25) is 29.4 Å². The summed E-state index contributed by atoms with van der Waals surface area (Å²) in [5.41, 5.74) is 0.767. The maximum absolute atomic E-state index is 13.6. The summed E-state index contributed by atoms with van der Waals surface area (Å²) in [5, 5.41) is 21.3. The predicted molar refractivity (Wildman–Crippen MR) is 180 cm³/mol. The second kappa shape index (κ2) is 17.9. The number of carboxylic acids is 1. The summed E-state index contributed by atoms with van der Waals surface area (Å²) in [6.45, 7) is 3.38. The van der Waals surface area contributed by atoms with Crippen LogP contribution in [-0.4, -0.2) is 111 Å². The Labute approximate surface area is 281 Å². The molecule has 7 atom stereocenters. The minimum Gasteiger partial charge on any atom is -0.481 e. The van der Waals surface area contributed by atoms with Crippen LogP contribution in [0, 0.1) is 5.92 Å². The van der Waals surface area contributed by atoms with E-state index in [9.17, 15) is 33.9 Å². The highest BCUT2D eigenvalue weighted by molar-refractivity contribution is 7.98. The van der Waals surface area contributed by atoms with Crippen molar-refractivity contribution in [1.82, 2.24) is 26.3 Å². The third-order valence-corrected chi connectivity index (χ3v) is 9.89. The molecule has 5 N–H and O–H groups in total. The molecule has 16 heteroatoms. The molecule has 1 aromatic rings. The minimum absolute atomic E-state index is 0.125. The van der Waals surface area contributed by atoms with Crippen LogP contribution in [0.3, 0.4) is 0 Å². The van der Waals surface area contributed by atoms with Gasteiger partial charge in [-0.1, -0.05) is 49.2 Å². The van der Waals surface area contributed by atoms with E-state index in [1.165, 1.54) is 11.8 Å². The van der Waals surface area contributed by atoms with E-state index in [0.717, 1.165) is 23.1 Å². The molecule has 2 aliphatic heterocycles. The molecule has 0 bridgehead atoms. The number of amides is 4. The minimum atomic E-state index is -1.46. The lowest BCUT2D eigenvalue weighted by Crippen LogP contribution is -2.60. The van der Waals surface area contributed by atoms with Crippen LogP contribution >= 0.6 is 23.5 Å². The van der Waals surface area contributed by atoms with E-state index in [-0.39, 0.29) is 6.42 Å². The molecule has 2 aliphatic rings. The zero-order valence-corrected chi connectivity index (χ0v) is 28.9. The average Bonchev–Trinajstić information content (AvgIpc) is 3.95. The van der Waals surface area contributed by atoms with Gasteiger partial charge in [-0.25, -0.2) is 4.84 Å². The molecule has 254 valence electrons. The van der Waals surface area contributed by atoms with Crippen LogP contribution < -0.4 is 21.3 Å². The van der Waals surface area contributed by atoms with E-state index >= 15 is 0 Å². The smallest absolute Gasteiger partial charge is 0.370 e. The van der Waals surface area contributed by atoms with Crippen LogP contribution in [0.1, 0.15) is 38.7 Å². The van der Waals surface area contributed by atoms with Crippen LogP contribution in [0.4, 0.5) is 0 Å². The van der Waals surface area contributed by atoms with Crippen LogP contribution in [0.5, 0.6) is 0 Å². The number of carbonyl (C=O) groups is 6. The quantitative estimate of drug-likeness (QED) is 0.0508. The molecule has 0 aliphatic carbocycles. The average molecular weight is 699 g/mol. The summed E-state index contributed by atoms with van der Waals surface area (Å²) in [5.74, 6) is -2.30. The maximum Gasteiger partial charge on any atom is 0.370 e. The van der Waals surface area contributed by atoms with Gasteiger partial charge in [0.15, 0.2) is 0 Å². The third kappa shape index (κ3) is 11.2. The second-order valence-corrected chi connectivity index (χ2v) is 14.7. The van der Waals surface area contributed by atoms with Gasteiger partial charge in [-0.15, -0.1) is 0 Å². The summed E-state index contributed by atoms with van der Waals surface area (Å²) in [6, 6.07) is 3.90. The Morgan fingerprint density at radius 2 is 1.54 bits per heavy atom. The molecule has 1 aromatic carbocycles. The molecule has 0 radical (unpaired) electrons. The van der Waals surface area contributed by atoms with Crippen molar-refractivity contribution < 1.29 is 38.7 Å². The van der Waals surface area contributed by atoms with Crippen molar-refractivity contribution in [3.63, 3.8) is 0 Å². The zero-order chi connectivity index (χ0) is 33.9. The van der Waals surface area contributed by atoms with Gasteiger partial charge in [-0.3, -0.25) is 24.0 Å². The number of hydroxylamine groups is 2. The number of thioether (sulfide) groups is 2. The van der Waals surface area contributed by atoms with Crippen molar-refractivity contribution in [3.05, 3.63) is 35.9 Å². The fourth-order valence-corrected chi connectivity index (χ4v) is 6.46. The number of thiol groups is 1. The molecule has 1 spiro atoms. The molecule has 4 amide bonds. The maximum atomic E-state index is 13.6. The molecular formula is C30H44N5O8S3+. The first kappa shape index (κ1) is 37.7. The van der Waals surface area contributed by atoms with Gasteiger partial charge in [0.05, 0.1) is 12.5 Å². The molecule has 46 heavy (non-hydrogen) atoms. The van der Waals surface area contributed by atoms with E-state index in [2.05, 4.69) is 21.3 Å². The number of nitrogens with one attached hydrogen (secondary N) is 4. The Bertz CT molecular complexity index is 1240. The van der Waals surface area contributed by atoms with Gasteiger partial charge >= 0.3 is 11.0 Å². The van der Waals surface area contributed by atoms with Gasteiger partial charge in [-0.05, 0) is 48.3 Å². The van der Waals surface area contributed by atoms with Crippen LogP contribution in [0.2, 0.25) is 0 Å². The fraction of sp³-hybridized carbons (Fsp3) is 0.600. The van der Waals surface area contributed by atoms with Crippen molar-refractivity contribution in [2.45, 2.75) is 74.8 Å². The number of aldehydes is 1. The number of rotatable bonds is 21. The first-order valence-electron chi connectivity index (χ1n) is 15.0. The molecule has 0 saturated carbocycles. The Balaban J connectivity index is 1.74. The Hall–Kier alpha value is -2.79. The van der Waals surface area contributed by atoms with Crippen LogP contribution in [0.15, 0.2) is 30.3 Å². The van der Waals surface area contributed by atoms with Crippen LogP contribution in [0.25, 0.3) is 0 Å². The van der Waals surface area contributed by atoms with Gasteiger partial charge < -0.3 is 31.2 Å². The van der Waals surface area contributed by atoms with Crippen molar-refractivity contribution in [3.8, 4) is 0 Å².